The first-order chi connectivity index (χ1) is 7.74. The van der Waals surface area contributed by atoms with E-state index < -0.39 is 0 Å². The van der Waals surface area contributed by atoms with Gasteiger partial charge in [-0.1, -0.05) is 6.42 Å². The SMILES string of the molecule is CN(C1CCC1)C1(CN)CC(C)(C)OC1(C)C. The molecule has 1 unspecified atom stereocenters. The maximum absolute atomic E-state index is 6.26. The third kappa shape index (κ3) is 1.92. The van der Waals surface area contributed by atoms with E-state index in [0.717, 1.165) is 6.42 Å². The molecule has 3 heteroatoms. The van der Waals surface area contributed by atoms with Crippen molar-refractivity contribution in [2.24, 2.45) is 5.73 Å². The van der Waals surface area contributed by atoms with Crippen LogP contribution in [0.3, 0.4) is 0 Å². The lowest BCUT2D eigenvalue weighted by molar-refractivity contribution is -0.111. The summed E-state index contributed by atoms with van der Waals surface area (Å²) < 4.78 is 6.26. The second kappa shape index (κ2) is 3.94. The predicted molar refractivity (Wildman–Crippen MR) is 71.0 cm³/mol. The van der Waals surface area contributed by atoms with Gasteiger partial charge in [-0.2, -0.15) is 0 Å². The molecule has 0 aromatic carbocycles. The molecule has 0 aromatic heterocycles. The molecule has 0 aromatic rings. The molecule has 1 aliphatic carbocycles. The molecule has 17 heavy (non-hydrogen) atoms. The minimum atomic E-state index is -0.171. The van der Waals surface area contributed by atoms with Crippen molar-refractivity contribution in [1.82, 2.24) is 4.90 Å². The van der Waals surface area contributed by atoms with Crippen molar-refractivity contribution in [2.45, 2.75) is 76.2 Å². The number of hydrogen-bond donors (Lipinski definition) is 1. The van der Waals surface area contributed by atoms with Gasteiger partial charge in [-0.15, -0.1) is 0 Å². The summed E-state index contributed by atoms with van der Waals surface area (Å²) in [5, 5.41) is 0. The smallest absolute Gasteiger partial charge is 0.0830 e. The van der Waals surface area contributed by atoms with Gasteiger partial charge < -0.3 is 10.5 Å². The topological polar surface area (TPSA) is 38.5 Å². The quantitative estimate of drug-likeness (QED) is 0.821. The molecule has 0 bridgehead atoms. The van der Waals surface area contributed by atoms with Crippen LogP contribution in [0.1, 0.15) is 53.4 Å². The van der Waals surface area contributed by atoms with E-state index in [1.165, 1.54) is 19.3 Å². The fraction of sp³-hybridized carbons (Fsp3) is 1.00. The molecule has 1 saturated carbocycles. The maximum Gasteiger partial charge on any atom is 0.0830 e. The lowest BCUT2D eigenvalue weighted by Gasteiger charge is -2.51. The van der Waals surface area contributed by atoms with Gasteiger partial charge in [-0.3, -0.25) is 4.90 Å². The molecular weight excluding hydrogens is 212 g/mol. The minimum absolute atomic E-state index is 0.0123. The van der Waals surface area contributed by atoms with Gasteiger partial charge in [0.1, 0.15) is 0 Å². The van der Waals surface area contributed by atoms with Crippen LogP contribution >= 0.6 is 0 Å². The molecular formula is C14H28N2O. The summed E-state index contributed by atoms with van der Waals surface area (Å²) >= 11 is 0. The van der Waals surface area contributed by atoms with Crippen molar-refractivity contribution in [3.8, 4) is 0 Å². The molecule has 100 valence electrons. The normalized spacial score (nSPS) is 36.2. The molecule has 2 N–H and O–H groups in total. The molecule has 0 spiro atoms. The van der Waals surface area contributed by atoms with Gasteiger partial charge in [-0.05, 0) is 54.0 Å². The molecule has 2 aliphatic rings. The molecule has 0 radical (unpaired) electrons. The van der Waals surface area contributed by atoms with Crippen LogP contribution in [0, 0.1) is 0 Å². The molecule has 2 fully saturated rings. The van der Waals surface area contributed by atoms with Gasteiger partial charge in [0, 0.05) is 12.6 Å². The molecule has 0 amide bonds. The Hall–Kier alpha value is -0.120. The average Bonchev–Trinajstić information content (AvgIpc) is 2.27. The Morgan fingerprint density at radius 1 is 1.24 bits per heavy atom. The fourth-order valence-corrected chi connectivity index (χ4v) is 3.87. The second-order valence-electron chi connectivity index (χ2n) is 6.98. The zero-order valence-electron chi connectivity index (χ0n) is 12.0. The number of likely N-dealkylation sites (N-methyl/N-ethyl adjacent to an activating group) is 1. The van der Waals surface area contributed by atoms with Crippen molar-refractivity contribution >= 4 is 0 Å². The Kier molecular flexibility index (Phi) is 3.08. The van der Waals surface area contributed by atoms with Gasteiger partial charge in [-0.25, -0.2) is 0 Å². The predicted octanol–water partition coefficient (Wildman–Crippen LogP) is 2.15. The van der Waals surface area contributed by atoms with Gasteiger partial charge in [0.25, 0.3) is 0 Å². The summed E-state index contributed by atoms with van der Waals surface area (Å²) in [4.78, 5) is 2.52. The van der Waals surface area contributed by atoms with Gasteiger partial charge in [0.15, 0.2) is 0 Å². The standard InChI is InChI=1S/C14H28N2O/c1-12(2)9-14(10-15,13(3,4)17-12)16(5)11-7-6-8-11/h11H,6-10,15H2,1-5H3. The highest BCUT2D eigenvalue weighted by Crippen LogP contribution is 2.49. The summed E-state index contributed by atoms with van der Waals surface area (Å²) in [7, 11) is 2.24. The summed E-state index contributed by atoms with van der Waals surface area (Å²) in [6, 6.07) is 0.704. The van der Waals surface area contributed by atoms with Crippen LogP contribution in [0.4, 0.5) is 0 Å². The first kappa shape index (κ1) is 13.3. The van der Waals surface area contributed by atoms with Crippen molar-refractivity contribution in [3.05, 3.63) is 0 Å². The first-order valence-electron chi connectivity index (χ1n) is 6.87. The Morgan fingerprint density at radius 2 is 1.82 bits per heavy atom. The lowest BCUT2D eigenvalue weighted by atomic mass is 9.75. The van der Waals surface area contributed by atoms with Crippen LogP contribution in [0.15, 0.2) is 0 Å². The molecule has 1 aliphatic heterocycles. The van der Waals surface area contributed by atoms with Crippen molar-refractivity contribution in [2.75, 3.05) is 13.6 Å². The zero-order valence-corrected chi connectivity index (χ0v) is 12.0. The number of nitrogens with zero attached hydrogens (tertiary/aromatic N) is 1. The fourth-order valence-electron chi connectivity index (χ4n) is 3.87. The van der Waals surface area contributed by atoms with E-state index in [1.807, 2.05) is 0 Å². The third-order valence-electron chi connectivity index (χ3n) is 5.01. The Labute approximate surface area is 106 Å². The lowest BCUT2D eigenvalue weighted by Crippen LogP contribution is -2.65. The van der Waals surface area contributed by atoms with Crippen LogP contribution in [-0.4, -0.2) is 41.3 Å². The van der Waals surface area contributed by atoms with E-state index in [9.17, 15) is 0 Å². The highest BCUT2D eigenvalue weighted by molar-refractivity contribution is 5.14. The summed E-state index contributed by atoms with van der Waals surface area (Å²) in [6.45, 7) is 9.44. The highest BCUT2D eigenvalue weighted by Gasteiger charge is 2.59. The molecule has 3 nitrogen and oxygen atoms in total. The van der Waals surface area contributed by atoms with E-state index in [4.69, 9.17) is 10.5 Å². The molecule has 1 heterocycles. The number of hydrogen-bond acceptors (Lipinski definition) is 3. The molecule has 2 rings (SSSR count). The van der Waals surface area contributed by atoms with Crippen LogP contribution in [0.2, 0.25) is 0 Å². The van der Waals surface area contributed by atoms with E-state index in [1.54, 1.807) is 0 Å². The van der Waals surface area contributed by atoms with Crippen LogP contribution < -0.4 is 5.73 Å². The molecule has 1 saturated heterocycles. The number of nitrogens with two attached hydrogens (primary N) is 1. The minimum Gasteiger partial charge on any atom is -0.368 e. The number of rotatable bonds is 3. The summed E-state index contributed by atoms with van der Waals surface area (Å²) in [5.74, 6) is 0. The molecule has 1 atom stereocenters. The van der Waals surface area contributed by atoms with Crippen LogP contribution in [0.5, 0.6) is 0 Å². The second-order valence-corrected chi connectivity index (χ2v) is 6.98. The van der Waals surface area contributed by atoms with Crippen molar-refractivity contribution in [3.63, 3.8) is 0 Å². The summed E-state index contributed by atoms with van der Waals surface area (Å²) in [6.07, 6.45) is 5.01. The van der Waals surface area contributed by atoms with E-state index in [-0.39, 0.29) is 16.7 Å². The van der Waals surface area contributed by atoms with Crippen molar-refractivity contribution < 1.29 is 4.74 Å². The number of ether oxygens (including phenoxy) is 1. The van der Waals surface area contributed by atoms with E-state index in [0.29, 0.717) is 12.6 Å². The van der Waals surface area contributed by atoms with Gasteiger partial charge in [0.2, 0.25) is 0 Å². The monoisotopic (exact) mass is 240 g/mol. The maximum atomic E-state index is 6.26. The van der Waals surface area contributed by atoms with E-state index >= 15 is 0 Å². The first-order valence-corrected chi connectivity index (χ1v) is 6.87. The van der Waals surface area contributed by atoms with Crippen molar-refractivity contribution in [1.29, 1.82) is 0 Å². The van der Waals surface area contributed by atoms with Crippen LogP contribution in [-0.2, 0) is 4.74 Å². The third-order valence-corrected chi connectivity index (χ3v) is 5.01. The van der Waals surface area contributed by atoms with Gasteiger partial charge in [0.05, 0.1) is 16.7 Å². The Bertz CT molecular complexity index is 297. The summed E-state index contributed by atoms with van der Waals surface area (Å²) in [5.41, 5.74) is 5.91. The highest BCUT2D eigenvalue weighted by atomic mass is 16.5. The Morgan fingerprint density at radius 3 is 2.12 bits per heavy atom. The Balaban J connectivity index is 2.29. The van der Waals surface area contributed by atoms with Gasteiger partial charge >= 0.3 is 0 Å². The zero-order chi connectivity index (χ0) is 12.9. The van der Waals surface area contributed by atoms with Crippen LogP contribution in [0.25, 0.3) is 0 Å². The van der Waals surface area contributed by atoms with E-state index in [2.05, 4.69) is 39.6 Å². The largest absolute Gasteiger partial charge is 0.368 e. The average molecular weight is 240 g/mol.